The quantitative estimate of drug-likeness (QED) is 0.0886. The van der Waals surface area contributed by atoms with Crippen molar-refractivity contribution in [3.8, 4) is 0 Å². The maximum atomic E-state index is 12.5. The Labute approximate surface area is 207 Å². The second-order valence-corrected chi connectivity index (χ2v) is 8.15. The summed E-state index contributed by atoms with van der Waals surface area (Å²) in [5.74, 6) is -6.10. The number of carboxylic acid groups (broad SMARTS) is 1. The van der Waals surface area contributed by atoms with E-state index >= 15 is 0 Å². The average Bonchev–Trinajstić information content (AvgIpc) is 2.80. The van der Waals surface area contributed by atoms with Crippen LogP contribution in [0.25, 0.3) is 0 Å². The van der Waals surface area contributed by atoms with Gasteiger partial charge in [-0.25, -0.2) is 0 Å². The second-order valence-electron chi connectivity index (χ2n) is 8.15. The van der Waals surface area contributed by atoms with E-state index in [-0.39, 0.29) is 31.7 Å². The number of carboxylic acids is 1. The number of carbonyl (C=O) groups is 7. The number of hydrogen-bond donors (Lipinski definition) is 9. The van der Waals surface area contributed by atoms with Gasteiger partial charge in [0, 0.05) is 6.42 Å². The zero-order valence-electron chi connectivity index (χ0n) is 20.2. The molecule has 16 heteroatoms. The molecule has 0 radical (unpaired) electrons. The molecule has 0 aromatic carbocycles. The fraction of sp³-hybridized carbons (Fsp3) is 0.650. The summed E-state index contributed by atoms with van der Waals surface area (Å²) in [6.07, 6.45) is -0.302. The number of amides is 6. The Morgan fingerprint density at radius 2 is 1.33 bits per heavy atom. The van der Waals surface area contributed by atoms with Gasteiger partial charge in [-0.3, -0.25) is 33.6 Å². The van der Waals surface area contributed by atoms with Gasteiger partial charge in [-0.1, -0.05) is 13.8 Å². The van der Waals surface area contributed by atoms with Crippen molar-refractivity contribution in [3.05, 3.63) is 0 Å². The first-order chi connectivity index (χ1) is 16.8. The number of aliphatic hydroxyl groups excluding tert-OH is 1. The maximum absolute atomic E-state index is 12.5. The second kappa shape index (κ2) is 16.8. The number of aliphatic hydroxyl groups is 1. The molecule has 0 saturated heterocycles. The van der Waals surface area contributed by atoms with Crippen LogP contribution in [0.3, 0.4) is 0 Å². The third-order valence-corrected chi connectivity index (χ3v) is 4.53. The van der Waals surface area contributed by atoms with Gasteiger partial charge in [-0.2, -0.15) is 0 Å². The van der Waals surface area contributed by atoms with Crippen LogP contribution in [-0.2, 0) is 33.6 Å². The number of aliphatic carboxylic acids is 1. The molecule has 0 aliphatic carbocycles. The fourth-order valence-electron chi connectivity index (χ4n) is 2.80. The molecule has 3 atom stereocenters. The monoisotopic (exact) mass is 517 g/mol. The molecular formula is C20H35N7O9. The summed E-state index contributed by atoms with van der Waals surface area (Å²) in [5, 5.41) is 29.4. The smallest absolute Gasteiger partial charge is 0.322 e. The van der Waals surface area contributed by atoms with Crippen LogP contribution in [0.15, 0.2) is 0 Å². The summed E-state index contributed by atoms with van der Waals surface area (Å²) in [7, 11) is 0. The van der Waals surface area contributed by atoms with Gasteiger partial charge in [0.25, 0.3) is 0 Å². The third-order valence-electron chi connectivity index (χ3n) is 4.53. The summed E-state index contributed by atoms with van der Waals surface area (Å²) in [4.78, 5) is 82.5. The summed E-state index contributed by atoms with van der Waals surface area (Å²) in [6.45, 7) is 1.10. The lowest BCUT2D eigenvalue weighted by molar-refractivity contribution is -0.138. The largest absolute Gasteiger partial charge is 0.480 e. The molecule has 0 unspecified atom stereocenters. The van der Waals surface area contributed by atoms with E-state index in [9.17, 15) is 38.7 Å². The highest BCUT2D eigenvalue weighted by atomic mass is 16.4. The molecule has 0 saturated carbocycles. The van der Waals surface area contributed by atoms with Crippen LogP contribution >= 0.6 is 0 Å². The van der Waals surface area contributed by atoms with Crippen LogP contribution in [0.1, 0.15) is 33.1 Å². The van der Waals surface area contributed by atoms with E-state index in [1.165, 1.54) is 0 Å². The predicted octanol–water partition coefficient (Wildman–Crippen LogP) is -4.98. The first-order valence-electron chi connectivity index (χ1n) is 11.1. The Bertz CT molecular complexity index is 819. The molecule has 0 fully saturated rings. The number of hydrogen-bond acceptors (Lipinski definition) is 9. The lowest BCUT2D eigenvalue weighted by atomic mass is 10.0. The first kappa shape index (κ1) is 32.2. The van der Waals surface area contributed by atoms with Crippen LogP contribution in [0.2, 0.25) is 0 Å². The average molecular weight is 518 g/mol. The summed E-state index contributed by atoms with van der Waals surface area (Å²) in [6, 6.07) is -3.86. The minimum Gasteiger partial charge on any atom is -0.480 e. The predicted molar refractivity (Wildman–Crippen MR) is 123 cm³/mol. The fourth-order valence-corrected chi connectivity index (χ4v) is 2.80. The molecule has 204 valence electrons. The molecule has 16 nitrogen and oxygen atoms in total. The molecule has 0 aromatic rings. The number of nitrogens with one attached hydrogen (secondary N) is 5. The maximum Gasteiger partial charge on any atom is 0.322 e. The first-order valence-corrected chi connectivity index (χ1v) is 11.1. The molecule has 0 spiro atoms. The van der Waals surface area contributed by atoms with Crippen molar-refractivity contribution in [1.29, 1.82) is 0 Å². The Morgan fingerprint density at radius 3 is 1.83 bits per heavy atom. The molecule has 6 amide bonds. The van der Waals surface area contributed by atoms with Gasteiger partial charge in [-0.05, 0) is 18.8 Å². The van der Waals surface area contributed by atoms with Crippen molar-refractivity contribution in [2.75, 3.05) is 26.2 Å². The van der Waals surface area contributed by atoms with Gasteiger partial charge in [-0.15, -0.1) is 0 Å². The lowest BCUT2D eigenvalue weighted by Crippen LogP contribution is -2.57. The van der Waals surface area contributed by atoms with Gasteiger partial charge in [0.2, 0.25) is 35.4 Å². The van der Waals surface area contributed by atoms with Gasteiger partial charge in [0.15, 0.2) is 0 Å². The van der Waals surface area contributed by atoms with Crippen molar-refractivity contribution < 1.29 is 43.8 Å². The van der Waals surface area contributed by atoms with Crippen molar-refractivity contribution in [2.45, 2.75) is 51.2 Å². The van der Waals surface area contributed by atoms with Crippen molar-refractivity contribution in [2.24, 2.45) is 17.4 Å². The highest BCUT2D eigenvalue weighted by Gasteiger charge is 2.27. The van der Waals surface area contributed by atoms with E-state index in [0.717, 1.165) is 0 Å². The number of nitrogens with two attached hydrogens (primary N) is 2. The standard InChI is InChI=1S/C20H35N7O9/c1-10(2)5-12(25-15(30)6-21)19(35)23-7-16(31)26-13(9-28)20(36)27-11(3-4-14(22)29)18(34)24-8-17(32)33/h10-13,28H,3-9,21H2,1-2H3,(H2,22,29)(H,23,35)(H,24,34)(H,25,30)(H,26,31)(H,27,36)(H,32,33)/t11-,12-,13-/m0/s1. The van der Waals surface area contributed by atoms with Crippen LogP contribution in [0.4, 0.5) is 0 Å². The molecule has 36 heavy (non-hydrogen) atoms. The SMILES string of the molecule is CC(C)C[C@H](NC(=O)CN)C(=O)NCC(=O)N[C@@H](CO)C(=O)N[C@@H](CCC(N)=O)C(=O)NCC(=O)O. The summed E-state index contributed by atoms with van der Waals surface area (Å²) < 4.78 is 0. The number of rotatable bonds is 17. The molecule has 11 N–H and O–H groups in total. The van der Waals surface area contributed by atoms with Crippen LogP contribution < -0.4 is 38.1 Å². The normalized spacial score (nSPS) is 13.0. The Hall–Kier alpha value is -3.79. The topological polar surface area (TPSA) is 272 Å². The molecule has 0 bridgehead atoms. The van der Waals surface area contributed by atoms with Gasteiger partial charge < -0.3 is 48.3 Å². The molecule has 0 rings (SSSR count). The molecule has 0 heterocycles. The Morgan fingerprint density at radius 1 is 0.778 bits per heavy atom. The van der Waals surface area contributed by atoms with E-state index in [1.807, 2.05) is 19.2 Å². The summed E-state index contributed by atoms with van der Waals surface area (Å²) >= 11 is 0. The molecule has 0 aliphatic heterocycles. The van der Waals surface area contributed by atoms with E-state index in [4.69, 9.17) is 16.6 Å². The van der Waals surface area contributed by atoms with Crippen molar-refractivity contribution in [3.63, 3.8) is 0 Å². The lowest BCUT2D eigenvalue weighted by Gasteiger charge is -2.22. The minimum atomic E-state index is -1.54. The van der Waals surface area contributed by atoms with E-state index < -0.39 is 79.2 Å². The summed E-state index contributed by atoms with van der Waals surface area (Å²) in [5.41, 5.74) is 10.3. The molecule has 0 aliphatic rings. The van der Waals surface area contributed by atoms with Gasteiger partial charge in [0.1, 0.15) is 24.7 Å². The highest BCUT2D eigenvalue weighted by Crippen LogP contribution is 2.05. The number of primary amides is 1. The van der Waals surface area contributed by atoms with Gasteiger partial charge in [0.05, 0.1) is 19.7 Å². The molecule has 0 aromatic heterocycles. The van der Waals surface area contributed by atoms with Crippen LogP contribution in [0.5, 0.6) is 0 Å². The minimum absolute atomic E-state index is 0.0327. The molecular weight excluding hydrogens is 482 g/mol. The van der Waals surface area contributed by atoms with E-state index in [2.05, 4.69) is 21.3 Å². The van der Waals surface area contributed by atoms with E-state index in [1.54, 1.807) is 0 Å². The van der Waals surface area contributed by atoms with Crippen molar-refractivity contribution >= 4 is 41.4 Å². The number of carbonyl (C=O) groups excluding carboxylic acids is 6. The zero-order chi connectivity index (χ0) is 27.8. The Balaban J connectivity index is 5.07. The van der Waals surface area contributed by atoms with Crippen molar-refractivity contribution in [1.82, 2.24) is 26.6 Å². The Kier molecular flexibility index (Phi) is 15.0. The zero-order valence-corrected chi connectivity index (χ0v) is 20.2. The van der Waals surface area contributed by atoms with E-state index in [0.29, 0.717) is 0 Å². The van der Waals surface area contributed by atoms with Crippen LogP contribution in [-0.4, -0.2) is 96.0 Å². The van der Waals surface area contributed by atoms with Gasteiger partial charge >= 0.3 is 5.97 Å². The highest BCUT2D eigenvalue weighted by molar-refractivity contribution is 5.95. The third kappa shape index (κ3) is 13.8. The van der Waals surface area contributed by atoms with Crippen LogP contribution in [0, 0.1) is 5.92 Å².